The van der Waals surface area contributed by atoms with Gasteiger partial charge in [-0.2, -0.15) is 0 Å². The van der Waals surface area contributed by atoms with Crippen molar-refractivity contribution in [1.82, 2.24) is 10.2 Å². The number of methoxy groups -OCH3 is 1. The number of rotatable bonds is 8. The zero-order valence-electron chi connectivity index (χ0n) is 16.3. The highest BCUT2D eigenvalue weighted by Gasteiger charge is 2.29. The Morgan fingerprint density at radius 1 is 1.27 bits per heavy atom. The molecule has 6 heteroatoms. The van der Waals surface area contributed by atoms with Gasteiger partial charge in [-0.05, 0) is 57.0 Å². The number of likely N-dealkylation sites (tertiary alicyclic amines) is 1. The second-order valence-electron chi connectivity index (χ2n) is 7.26. The minimum atomic E-state index is -0.804. The number of carbonyl (C=O) groups excluding carboxylic acids is 1. The van der Waals surface area contributed by atoms with Gasteiger partial charge in [0.2, 0.25) is 5.91 Å². The first-order chi connectivity index (χ1) is 12.0. The molecule has 1 fully saturated rings. The van der Waals surface area contributed by atoms with Crippen LogP contribution in [0.4, 0.5) is 0 Å². The van der Waals surface area contributed by atoms with Gasteiger partial charge in [0.1, 0.15) is 5.75 Å². The largest absolute Gasteiger partial charge is 0.497 e. The van der Waals surface area contributed by atoms with E-state index in [2.05, 4.69) is 22.3 Å². The van der Waals surface area contributed by atoms with Crippen LogP contribution < -0.4 is 15.8 Å². The maximum atomic E-state index is 12.5. The van der Waals surface area contributed by atoms with Gasteiger partial charge < -0.3 is 15.8 Å². The molecular weight excluding hydrogens is 350 g/mol. The Labute approximate surface area is 164 Å². The molecule has 0 bridgehead atoms. The Hall–Kier alpha value is -1.30. The lowest BCUT2D eigenvalue weighted by molar-refractivity contribution is -0.126. The van der Waals surface area contributed by atoms with Crippen LogP contribution in [0.2, 0.25) is 0 Å². The first-order valence-electron chi connectivity index (χ1n) is 9.43. The van der Waals surface area contributed by atoms with Gasteiger partial charge in [0.15, 0.2) is 0 Å². The molecule has 3 N–H and O–H groups in total. The SMILES string of the molecule is CCCC(C)(N)C(=O)NCC(c1ccc(OC)cc1)N1CCCCC1.Cl. The van der Waals surface area contributed by atoms with Crippen LogP contribution in [0.3, 0.4) is 0 Å². The van der Waals surface area contributed by atoms with Crippen LogP contribution in [0.15, 0.2) is 24.3 Å². The molecule has 0 saturated carbocycles. The maximum Gasteiger partial charge on any atom is 0.239 e. The molecule has 1 amide bonds. The van der Waals surface area contributed by atoms with Crippen molar-refractivity contribution >= 4 is 18.3 Å². The smallest absolute Gasteiger partial charge is 0.239 e. The van der Waals surface area contributed by atoms with Gasteiger partial charge in [-0.3, -0.25) is 9.69 Å². The Morgan fingerprint density at radius 2 is 1.88 bits per heavy atom. The molecule has 1 aromatic carbocycles. The molecule has 0 aromatic heterocycles. The number of nitrogens with two attached hydrogens (primary N) is 1. The monoisotopic (exact) mass is 383 g/mol. The minimum absolute atomic E-state index is 0. The van der Waals surface area contributed by atoms with E-state index in [9.17, 15) is 4.79 Å². The van der Waals surface area contributed by atoms with Crippen LogP contribution in [0.5, 0.6) is 5.75 Å². The maximum absolute atomic E-state index is 12.5. The van der Waals surface area contributed by atoms with E-state index in [1.54, 1.807) is 7.11 Å². The zero-order valence-corrected chi connectivity index (χ0v) is 17.1. The third-order valence-electron chi connectivity index (χ3n) is 5.08. The number of halogens is 1. The van der Waals surface area contributed by atoms with Gasteiger partial charge in [0.25, 0.3) is 0 Å². The summed E-state index contributed by atoms with van der Waals surface area (Å²) >= 11 is 0. The standard InChI is InChI=1S/C20H33N3O2.ClH/c1-4-12-20(2,21)19(24)22-15-18(23-13-6-5-7-14-23)16-8-10-17(25-3)11-9-16;/h8-11,18H,4-7,12-15,21H2,1-3H3,(H,22,24);1H. The number of benzene rings is 1. The van der Waals surface area contributed by atoms with Crippen molar-refractivity contribution in [3.8, 4) is 5.75 Å². The normalized spacial score (nSPS) is 18.3. The van der Waals surface area contributed by atoms with Gasteiger partial charge >= 0.3 is 0 Å². The molecule has 0 radical (unpaired) electrons. The summed E-state index contributed by atoms with van der Waals surface area (Å²) in [4.78, 5) is 15.0. The molecule has 2 unspecified atom stereocenters. The molecule has 1 heterocycles. The topological polar surface area (TPSA) is 67.6 Å². The molecule has 1 aromatic rings. The van der Waals surface area contributed by atoms with Crippen molar-refractivity contribution in [3.63, 3.8) is 0 Å². The summed E-state index contributed by atoms with van der Waals surface area (Å²) in [5.74, 6) is 0.785. The van der Waals surface area contributed by atoms with Gasteiger partial charge in [0.05, 0.1) is 18.7 Å². The van der Waals surface area contributed by atoms with Crippen LogP contribution in [-0.2, 0) is 4.79 Å². The summed E-state index contributed by atoms with van der Waals surface area (Å²) in [5, 5.41) is 3.10. The fourth-order valence-corrected chi connectivity index (χ4v) is 3.54. The first-order valence-corrected chi connectivity index (χ1v) is 9.43. The zero-order chi connectivity index (χ0) is 18.3. The fourth-order valence-electron chi connectivity index (χ4n) is 3.54. The lowest BCUT2D eigenvalue weighted by atomic mass is 9.96. The number of carbonyl (C=O) groups is 1. The Kier molecular flexibility index (Phi) is 9.41. The molecule has 0 aliphatic carbocycles. The van der Waals surface area contributed by atoms with Gasteiger partial charge in [-0.1, -0.05) is 31.9 Å². The van der Waals surface area contributed by atoms with Crippen molar-refractivity contribution in [2.75, 3.05) is 26.7 Å². The molecule has 5 nitrogen and oxygen atoms in total. The lowest BCUT2D eigenvalue weighted by Gasteiger charge is -2.35. The van der Waals surface area contributed by atoms with E-state index in [1.807, 2.05) is 26.0 Å². The number of piperidine rings is 1. The molecule has 2 atom stereocenters. The number of ether oxygens (including phenoxy) is 1. The van der Waals surface area contributed by atoms with Gasteiger partial charge in [-0.15, -0.1) is 12.4 Å². The van der Waals surface area contributed by atoms with Crippen molar-refractivity contribution in [1.29, 1.82) is 0 Å². The Bertz CT molecular complexity index is 542. The fraction of sp³-hybridized carbons (Fsp3) is 0.650. The number of hydrogen-bond acceptors (Lipinski definition) is 4. The Morgan fingerprint density at radius 3 is 2.42 bits per heavy atom. The van der Waals surface area contributed by atoms with E-state index in [0.29, 0.717) is 13.0 Å². The molecule has 26 heavy (non-hydrogen) atoms. The molecule has 1 saturated heterocycles. The summed E-state index contributed by atoms with van der Waals surface area (Å²) in [5.41, 5.74) is 6.57. The number of hydrogen-bond donors (Lipinski definition) is 2. The summed E-state index contributed by atoms with van der Waals surface area (Å²) < 4.78 is 5.26. The minimum Gasteiger partial charge on any atom is -0.497 e. The highest BCUT2D eigenvalue weighted by Crippen LogP contribution is 2.26. The molecule has 1 aliphatic rings. The molecule has 2 rings (SSSR count). The highest BCUT2D eigenvalue weighted by atomic mass is 35.5. The summed E-state index contributed by atoms with van der Waals surface area (Å²) in [6, 6.07) is 8.33. The van der Waals surface area contributed by atoms with E-state index in [1.165, 1.54) is 24.8 Å². The van der Waals surface area contributed by atoms with E-state index in [0.717, 1.165) is 25.3 Å². The Balaban J connectivity index is 0.00000338. The summed E-state index contributed by atoms with van der Waals surface area (Å²) in [6.45, 7) is 6.59. The number of nitrogens with zero attached hydrogens (tertiary/aromatic N) is 1. The van der Waals surface area contributed by atoms with Crippen LogP contribution in [0.1, 0.15) is 57.6 Å². The van der Waals surface area contributed by atoms with Crippen molar-refractivity contribution < 1.29 is 9.53 Å². The quantitative estimate of drug-likeness (QED) is 0.722. The first kappa shape index (κ1) is 22.7. The van der Waals surface area contributed by atoms with Gasteiger partial charge in [-0.25, -0.2) is 0 Å². The van der Waals surface area contributed by atoms with Crippen molar-refractivity contribution in [3.05, 3.63) is 29.8 Å². The van der Waals surface area contributed by atoms with Crippen molar-refractivity contribution in [2.45, 2.75) is 57.5 Å². The van der Waals surface area contributed by atoms with Crippen LogP contribution >= 0.6 is 12.4 Å². The number of nitrogens with one attached hydrogen (secondary N) is 1. The van der Waals surface area contributed by atoms with Crippen LogP contribution in [-0.4, -0.2) is 43.1 Å². The van der Waals surface area contributed by atoms with Gasteiger partial charge in [0, 0.05) is 6.54 Å². The van der Waals surface area contributed by atoms with E-state index < -0.39 is 5.54 Å². The summed E-state index contributed by atoms with van der Waals surface area (Å²) in [7, 11) is 1.67. The molecule has 148 valence electrons. The second kappa shape index (κ2) is 10.8. The van der Waals surface area contributed by atoms with E-state index >= 15 is 0 Å². The van der Waals surface area contributed by atoms with Crippen molar-refractivity contribution in [2.24, 2.45) is 5.73 Å². The summed E-state index contributed by atoms with van der Waals surface area (Å²) in [6.07, 6.45) is 5.30. The average molecular weight is 384 g/mol. The van der Waals surface area contributed by atoms with Crippen LogP contribution in [0.25, 0.3) is 0 Å². The highest BCUT2D eigenvalue weighted by molar-refractivity contribution is 5.85. The molecular formula is C20H34ClN3O2. The lowest BCUT2D eigenvalue weighted by Crippen LogP contribution is -2.53. The molecule has 1 aliphatic heterocycles. The molecule has 0 spiro atoms. The third-order valence-corrected chi connectivity index (χ3v) is 5.08. The van der Waals surface area contributed by atoms with E-state index in [4.69, 9.17) is 10.5 Å². The van der Waals surface area contributed by atoms with Crippen LogP contribution in [0, 0.1) is 0 Å². The number of amides is 1. The van der Waals surface area contributed by atoms with E-state index in [-0.39, 0.29) is 24.4 Å². The second-order valence-corrected chi connectivity index (χ2v) is 7.26. The predicted molar refractivity (Wildman–Crippen MR) is 109 cm³/mol. The third kappa shape index (κ3) is 6.15. The predicted octanol–water partition coefficient (Wildman–Crippen LogP) is 3.28. The average Bonchev–Trinajstić information content (AvgIpc) is 2.63.